The van der Waals surface area contributed by atoms with Crippen LogP contribution in [0.4, 0.5) is 11.4 Å². The number of thiophene rings is 1. The number of nitrogens with zero attached hydrogens (tertiary/aromatic N) is 1. The second kappa shape index (κ2) is 11.6. The van der Waals surface area contributed by atoms with Gasteiger partial charge >= 0.3 is 5.97 Å². The number of hydrogen-bond acceptors (Lipinski definition) is 7. The number of rotatable bonds is 8. The Balaban J connectivity index is 1.52. The number of nitrogens with one attached hydrogen (secondary N) is 2. The van der Waals surface area contributed by atoms with Gasteiger partial charge < -0.3 is 20.1 Å². The number of hydrogen-bond donors (Lipinski definition) is 2. The van der Waals surface area contributed by atoms with E-state index in [0.717, 1.165) is 32.6 Å². The molecule has 1 unspecified atom stereocenters. The van der Waals surface area contributed by atoms with Crippen LogP contribution in [0.1, 0.15) is 51.2 Å². The highest BCUT2D eigenvalue weighted by molar-refractivity contribution is 7.20. The molecule has 0 fully saturated rings. The molecule has 1 amide bonds. The number of anilines is 2. The fourth-order valence-corrected chi connectivity index (χ4v) is 4.77. The molecule has 2 heterocycles. The fourth-order valence-electron chi connectivity index (χ4n) is 3.81. The lowest BCUT2D eigenvalue weighted by atomic mass is 10.1. The topological polar surface area (TPSA) is 89.5 Å². The molecule has 0 saturated carbocycles. The van der Waals surface area contributed by atoms with Gasteiger partial charge in [0.15, 0.2) is 6.04 Å². The summed E-state index contributed by atoms with van der Waals surface area (Å²) < 4.78 is 12.2. The molecule has 204 valence electrons. The quantitative estimate of drug-likeness (QED) is 0.233. The monoisotopic (exact) mass is 545 g/mol. The first-order valence-corrected chi connectivity index (χ1v) is 13.7. The number of pyridine rings is 1. The Morgan fingerprint density at radius 2 is 1.56 bits per heavy atom. The van der Waals surface area contributed by atoms with Gasteiger partial charge in [0.25, 0.3) is 5.91 Å². The summed E-state index contributed by atoms with van der Waals surface area (Å²) in [6, 6.07) is 19.2. The average Bonchev–Trinajstić information content (AvgIpc) is 3.31. The Labute approximate surface area is 233 Å². The van der Waals surface area contributed by atoms with Crippen LogP contribution in [-0.4, -0.2) is 40.7 Å². The number of amides is 1. The van der Waals surface area contributed by atoms with E-state index < -0.39 is 23.2 Å². The van der Waals surface area contributed by atoms with Crippen LogP contribution >= 0.6 is 11.3 Å². The van der Waals surface area contributed by atoms with Crippen molar-refractivity contribution in [3.8, 4) is 11.1 Å². The molecule has 1 atom stereocenters. The molecule has 0 aliphatic heterocycles. The Kier molecular flexibility index (Phi) is 8.37. The van der Waals surface area contributed by atoms with Gasteiger partial charge in [-0.25, -0.2) is 4.79 Å². The van der Waals surface area contributed by atoms with Gasteiger partial charge in [-0.1, -0.05) is 42.5 Å². The molecule has 2 aromatic heterocycles. The lowest BCUT2D eigenvalue weighted by Gasteiger charge is -2.27. The van der Waals surface area contributed by atoms with Gasteiger partial charge in [-0.3, -0.25) is 9.78 Å². The van der Waals surface area contributed by atoms with Crippen LogP contribution in [-0.2, 0) is 14.3 Å². The minimum Gasteiger partial charge on any atom is -0.458 e. The lowest BCUT2D eigenvalue weighted by Crippen LogP contribution is -2.48. The number of aromatic nitrogens is 1. The predicted octanol–water partition coefficient (Wildman–Crippen LogP) is 6.96. The molecule has 0 aliphatic carbocycles. The van der Waals surface area contributed by atoms with E-state index in [0.29, 0.717) is 4.88 Å². The smallest absolute Gasteiger partial charge is 0.331 e. The van der Waals surface area contributed by atoms with E-state index in [-0.39, 0.29) is 12.5 Å². The van der Waals surface area contributed by atoms with Crippen LogP contribution < -0.4 is 10.6 Å². The molecule has 2 aromatic carbocycles. The fraction of sp³-hybridized carbons (Fsp3) is 0.323. The van der Waals surface area contributed by atoms with Crippen LogP contribution in [0, 0.1) is 0 Å². The van der Waals surface area contributed by atoms with E-state index in [9.17, 15) is 9.59 Å². The molecule has 4 rings (SSSR count). The summed E-state index contributed by atoms with van der Waals surface area (Å²) in [5, 5.41) is 7.10. The Morgan fingerprint density at radius 3 is 2.21 bits per heavy atom. The minimum atomic E-state index is -0.944. The number of esters is 1. The highest BCUT2D eigenvalue weighted by Crippen LogP contribution is 2.33. The summed E-state index contributed by atoms with van der Waals surface area (Å²) in [6.45, 7) is 11.0. The zero-order chi connectivity index (χ0) is 28.2. The molecule has 0 bridgehead atoms. The largest absolute Gasteiger partial charge is 0.458 e. The molecule has 0 aliphatic rings. The van der Waals surface area contributed by atoms with Crippen molar-refractivity contribution in [2.24, 2.45) is 0 Å². The van der Waals surface area contributed by atoms with Gasteiger partial charge in [-0.05, 0) is 70.9 Å². The average molecular weight is 546 g/mol. The van der Waals surface area contributed by atoms with E-state index in [1.807, 2.05) is 57.2 Å². The first-order valence-electron chi connectivity index (χ1n) is 12.9. The van der Waals surface area contributed by atoms with Gasteiger partial charge in [-0.15, -0.1) is 11.3 Å². The molecule has 7 nitrogen and oxygen atoms in total. The van der Waals surface area contributed by atoms with E-state index in [4.69, 9.17) is 9.47 Å². The molecular weight excluding hydrogens is 510 g/mol. The van der Waals surface area contributed by atoms with Crippen molar-refractivity contribution in [3.63, 3.8) is 0 Å². The highest BCUT2D eigenvalue weighted by atomic mass is 32.1. The summed E-state index contributed by atoms with van der Waals surface area (Å²) in [7, 11) is 0. The minimum absolute atomic E-state index is 0.00237. The predicted molar refractivity (Wildman–Crippen MR) is 158 cm³/mol. The first-order chi connectivity index (χ1) is 18.4. The van der Waals surface area contributed by atoms with E-state index in [1.165, 1.54) is 11.3 Å². The zero-order valence-electron chi connectivity index (χ0n) is 23.2. The summed E-state index contributed by atoms with van der Waals surface area (Å²) in [5.41, 5.74) is 2.81. The summed E-state index contributed by atoms with van der Waals surface area (Å²) >= 11 is 1.31. The maximum Gasteiger partial charge on any atom is 0.331 e. The number of carbonyl (C=O) groups is 2. The molecule has 2 N–H and O–H groups in total. The van der Waals surface area contributed by atoms with Crippen LogP contribution in [0.2, 0.25) is 0 Å². The summed E-state index contributed by atoms with van der Waals surface area (Å²) in [6.07, 6.45) is 3.47. The normalized spacial score (nSPS) is 12.7. The second-order valence-corrected chi connectivity index (χ2v) is 12.3. The number of benzene rings is 2. The zero-order valence-corrected chi connectivity index (χ0v) is 24.0. The Hall–Kier alpha value is -3.75. The number of carbonyl (C=O) groups excluding carboxylic acids is 2. The lowest BCUT2D eigenvalue weighted by molar-refractivity contribution is -0.160. The van der Waals surface area contributed by atoms with E-state index >= 15 is 0 Å². The molecule has 0 spiro atoms. The Morgan fingerprint density at radius 1 is 0.897 bits per heavy atom. The van der Waals surface area contributed by atoms with Gasteiger partial charge in [0.1, 0.15) is 5.60 Å². The first kappa shape index (κ1) is 28.3. The van der Waals surface area contributed by atoms with Crippen molar-refractivity contribution >= 4 is 44.7 Å². The van der Waals surface area contributed by atoms with Crippen molar-refractivity contribution in [2.75, 3.05) is 11.9 Å². The standard InChI is InChI=1S/C31H35N3O4S/c1-30(2,3)37-19-25(29(36)38-31(4,5)6)34-28(35)26-16-23-24(17-32-18-27(23)39-26)33-22-14-12-21(13-15-22)20-10-8-7-9-11-20/h7-18,25,33H,19H2,1-6H3,(H,34,35). The van der Waals surface area contributed by atoms with Crippen molar-refractivity contribution in [1.29, 1.82) is 0 Å². The third-order valence-corrected chi connectivity index (χ3v) is 6.69. The summed E-state index contributed by atoms with van der Waals surface area (Å²) in [5.74, 6) is -0.910. The van der Waals surface area contributed by atoms with Crippen LogP contribution in [0.5, 0.6) is 0 Å². The van der Waals surface area contributed by atoms with Gasteiger partial charge in [-0.2, -0.15) is 0 Å². The van der Waals surface area contributed by atoms with Gasteiger partial charge in [0, 0.05) is 17.3 Å². The van der Waals surface area contributed by atoms with Crippen LogP contribution in [0.25, 0.3) is 21.2 Å². The molecular formula is C31H35N3O4S. The van der Waals surface area contributed by atoms with Crippen molar-refractivity contribution in [3.05, 3.63) is 77.9 Å². The van der Waals surface area contributed by atoms with Crippen molar-refractivity contribution in [2.45, 2.75) is 58.8 Å². The molecule has 39 heavy (non-hydrogen) atoms. The third-order valence-electron chi connectivity index (χ3n) is 5.62. The summed E-state index contributed by atoms with van der Waals surface area (Å²) in [4.78, 5) is 30.9. The van der Waals surface area contributed by atoms with Crippen molar-refractivity contribution < 1.29 is 19.1 Å². The highest BCUT2D eigenvalue weighted by Gasteiger charge is 2.29. The molecule has 8 heteroatoms. The molecule has 4 aromatic rings. The Bertz CT molecular complexity index is 1430. The maximum absolute atomic E-state index is 13.3. The van der Waals surface area contributed by atoms with Crippen LogP contribution in [0.15, 0.2) is 73.1 Å². The third kappa shape index (κ3) is 7.88. The number of ether oxygens (including phenoxy) is 2. The van der Waals surface area contributed by atoms with E-state index in [2.05, 4.69) is 39.9 Å². The van der Waals surface area contributed by atoms with Crippen LogP contribution in [0.3, 0.4) is 0 Å². The molecule has 0 saturated heterocycles. The molecule has 0 radical (unpaired) electrons. The maximum atomic E-state index is 13.3. The SMILES string of the molecule is CC(C)(C)OCC(NC(=O)c1cc2c(Nc3ccc(-c4ccccc4)cc3)cncc2s1)C(=O)OC(C)(C)C. The van der Waals surface area contributed by atoms with Crippen molar-refractivity contribution in [1.82, 2.24) is 10.3 Å². The van der Waals surface area contributed by atoms with Gasteiger partial charge in [0.05, 0.1) is 33.7 Å². The second-order valence-electron chi connectivity index (χ2n) is 11.3. The van der Waals surface area contributed by atoms with E-state index in [1.54, 1.807) is 33.2 Å². The van der Waals surface area contributed by atoms with Gasteiger partial charge in [0.2, 0.25) is 0 Å². The number of fused-ring (bicyclic) bond motifs is 1.